The van der Waals surface area contributed by atoms with Crippen LogP contribution in [-0.2, 0) is 9.53 Å². The first kappa shape index (κ1) is 13.9. The first-order valence-electron chi connectivity index (χ1n) is 7.41. The van der Waals surface area contributed by atoms with Crippen LogP contribution in [-0.4, -0.2) is 23.1 Å². The predicted octanol–water partition coefficient (Wildman–Crippen LogP) is 3.27. The summed E-state index contributed by atoms with van der Waals surface area (Å²) in [6.07, 6.45) is 7.17. The van der Waals surface area contributed by atoms with Crippen molar-refractivity contribution in [3.05, 3.63) is 41.5 Å². The van der Waals surface area contributed by atoms with Crippen LogP contribution in [0.5, 0.6) is 0 Å². The van der Waals surface area contributed by atoms with E-state index in [1.807, 2.05) is 0 Å². The summed E-state index contributed by atoms with van der Waals surface area (Å²) in [5.74, 6) is -0.850. The van der Waals surface area contributed by atoms with Crippen molar-refractivity contribution < 1.29 is 19.4 Å². The van der Waals surface area contributed by atoms with Crippen LogP contribution in [0.15, 0.2) is 30.3 Å². The van der Waals surface area contributed by atoms with Crippen LogP contribution in [0, 0.1) is 5.92 Å². The summed E-state index contributed by atoms with van der Waals surface area (Å²) in [5.41, 5.74) is 2.02. The second-order valence-corrected chi connectivity index (χ2v) is 5.74. The van der Waals surface area contributed by atoms with Gasteiger partial charge in [0.15, 0.2) is 0 Å². The zero-order chi connectivity index (χ0) is 14.8. The molecule has 21 heavy (non-hydrogen) atoms. The Labute approximate surface area is 123 Å². The molecule has 1 atom stereocenters. The van der Waals surface area contributed by atoms with Gasteiger partial charge in [0.1, 0.15) is 6.10 Å². The predicted molar refractivity (Wildman–Crippen MR) is 77.8 cm³/mol. The van der Waals surface area contributed by atoms with Gasteiger partial charge < -0.3 is 9.84 Å². The van der Waals surface area contributed by atoms with Gasteiger partial charge in [0.05, 0.1) is 5.56 Å². The van der Waals surface area contributed by atoms with E-state index in [0.717, 1.165) is 24.0 Å². The van der Waals surface area contributed by atoms with Crippen molar-refractivity contribution in [2.75, 3.05) is 0 Å². The topological polar surface area (TPSA) is 63.6 Å². The molecule has 1 saturated carbocycles. The smallest absolute Gasteiger partial charge is 0.335 e. The van der Waals surface area contributed by atoms with Crippen molar-refractivity contribution in [1.29, 1.82) is 0 Å². The molecule has 1 N–H and O–H groups in total. The van der Waals surface area contributed by atoms with E-state index in [2.05, 4.69) is 0 Å². The summed E-state index contributed by atoms with van der Waals surface area (Å²) in [4.78, 5) is 22.6. The average Bonchev–Trinajstić information content (AvgIpc) is 2.90. The largest absolute Gasteiger partial charge is 0.478 e. The second-order valence-electron chi connectivity index (χ2n) is 5.74. The van der Waals surface area contributed by atoms with Crippen LogP contribution in [0.25, 0.3) is 5.57 Å². The highest BCUT2D eigenvalue weighted by molar-refractivity contribution is 5.97. The molecule has 0 saturated heterocycles. The molecule has 1 heterocycles. The summed E-state index contributed by atoms with van der Waals surface area (Å²) in [5, 5.41) is 8.95. The Balaban J connectivity index is 1.85. The van der Waals surface area contributed by atoms with E-state index in [9.17, 15) is 9.59 Å². The monoisotopic (exact) mass is 286 g/mol. The van der Waals surface area contributed by atoms with Crippen LogP contribution in [0.4, 0.5) is 0 Å². The molecule has 110 valence electrons. The highest BCUT2D eigenvalue weighted by Gasteiger charge is 2.34. The molecule has 1 aromatic rings. The number of rotatable bonds is 3. The lowest BCUT2D eigenvalue weighted by Gasteiger charge is -2.28. The number of carboxylic acids is 1. The molecule has 1 aliphatic carbocycles. The minimum absolute atomic E-state index is 0.173. The number of ether oxygens (including phenoxy) is 1. The number of carbonyl (C=O) groups excluding carboxylic acids is 1. The highest BCUT2D eigenvalue weighted by atomic mass is 16.5. The summed E-state index contributed by atoms with van der Waals surface area (Å²) in [7, 11) is 0. The molecule has 4 nitrogen and oxygen atoms in total. The van der Waals surface area contributed by atoms with E-state index in [0.29, 0.717) is 5.92 Å². The maximum atomic E-state index is 11.7. The van der Waals surface area contributed by atoms with E-state index >= 15 is 0 Å². The third kappa shape index (κ3) is 2.84. The quantitative estimate of drug-likeness (QED) is 0.866. The lowest BCUT2D eigenvalue weighted by Crippen LogP contribution is -2.25. The molecule has 0 radical (unpaired) electrons. The Bertz CT molecular complexity index is 579. The molecular formula is C17H18O4. The van der Waals surface area contributed by atoms with Gasteiger partial charge in [-0.1, -0.05) is 31.4 Å². The summed E-state index contributed by atoms with van der Waals surface area (Å²) < 4.78 is 5.50. The minimum Gasteiger partial charge on any atom is -0.478 e. The van der Waals surface area contributed by atoms with Crippen molar-refractivity contribution in [3.63, 3.8) is 0 Å². The fourth-order valence-corrected chi connectivity index (χ4v) is 3.27. The number of benzene rings is 1. The van der Waals surface area contributed by atoms with Gasteiger partial charge in [-0.25, -0.2) is 9.59 Å². The lowest BCUT2D eigenvalue weighted by molar-refractivity contribution is -0.140. The number of carboxylic acid groups (broad SMARTS) is 1. The van der Waals surface area contributed by atoms with Crippen LogP contribution >= 0.6 is 0 Å². The van der Waals surface area contributed by atoms with Crippen molar-refractivity contribution in [1.82, 2.24) is 0 Å². The number of aromatic carboxylic acids is 1. The molecule has 0 spiro atoms. The zero-order valence-electron chi connectivity index (χ0n) is 11.7. The van der Waals surface area contributed by atoms with Gasteiger partial charge in [0.2, 0.25) is 0 Å². The molecule has 1 aromatic carbocycles. The Kier molecular flexibility index (Phi) is 3.78. The SMILES string of the molecule is O=C1C=C(c2ccc(C(=O)O)cc2)C(C2CCCCC2)O1. The number of esters is 1. The molecule has 0 bridgehead atoms. The normalized spacial score (nSPS) is 22.8. The molecule has 1 aliphatic heterocycles. The van der Waals surface area contributed by atoms with Crippen molar-refractivity contribution in [2.24, 2.45) is 5.92 Å². The molecule has 4 heteroatoms. The van der Waals surface area contributed by atoms with Crippen LogP contribution in [0.3, 0.4) is 0 Å². The van der Waals surface area contributed by atoms with E-state index in [1.165, 1.54) is 19.3 Å². The first-order valence-corrected chi connectivity index (χ1v) is 7.41. The van der Waals surface area contributed by atoms with Gasteiger partial charge in [0.25, 0.3) is 0 Å². The molecule has 0 amide bonds. The van der Waals surface area contributed by atoms with Gasteiger partial charge in [-0.3, -0.25) is 0 Å². The van der Waals surface area contributed by atoms with Gasteiger partial charge >= 0.3 is 11.9 Å². The van der Waals surface area contributed by atoms with Crippen molar-refractivity contribution in [2.45, 2.75) is 38.2 Å². The van der Waals surface area contributed by atoms with Gasteiger partial charge in [0, 0.05) is 17.6 Å². The van der Waals surface area contributed by atoms with E-state index in [4.69, 9.17) is 9.84 Å². The Morgan fingerprint density at radius 2 is 1.76 bits per heavy atom. The summed E-state index contributed by atoms with van der Waals surface area (Å²) in [6, 6.07) is 6.65. The second kappa shape index (κ2) is 5.72. The van der Waals surface area contributed by atoms with E-state index in [1.54, 1.807) is 30.3 Å². The maximum Gasteiger partial charge on any atom is 0.335 e. The number of hydrogen-bond acceptors (Lipinski definition) is 3. The Morgan fingerprint density at radius 3 is 2.38 bits per heavy atom. The highest BCUT2D eigenvalue weighted by Crippen LogP contribution is 2.37. The van der Waals surface area contributed by atoms with Crippen LogP contribution < -0.4 is 0 Å². The van der Waals surface area contributed by atoms with Gasteiger partial charge in [-0.05, 0) is 30.5 Å². The fourth-order valence-electron chi connectivity index (χ4n) is 3.27. The third-order valence-corrected chi connectivity index (χ3v) is 4.37. The van der Waals surface area contributed by atoms with Crippen LogP contribution in [0.1, 0.15) is 48.0 Å². The Hall–Kier alpha value is -2.10. The summed E-state index contributed by atoms with van der Waals surface area (Å²) >= 11 is 0. The number of hydrogen-bond donors (Lipinski definition) is 1. The minimum atomic E-state index is -0.946. The first-order chi connectivity index (χ1) is 10.1. The number of carbonyl (C=O) groups is 2. The lowest BCUT2D eigenvalue weighted by atomic mass is 9.81. The molecule has 0 aromatic heterocycles. The fraction of sp³-hybridized carbons (Fsp3) is 0.412. The Morgan fingerprint density at radius 1 is 1.10 bits per heavy atom. The van der Waals surface area contributed by atoms with E-state index < -0.39 is 5.97 Å². The van der Waals surface area contributed by atoms with Crippen molar-refractivity contribution >= 4 is 17.5 Å². The number of cyclic esters (lactones) is 1. The van der Waals surface area contributed by atoms with E-state index in [-0.39, 0.29) is 17.6 Å². The standard InChI is InChI=1S/C17H18O4/c18-15-10-14(11-6-8-13(9-7-11)17(19)20)16(21-15)12-4-2-1-3-5-12/h6-10,12,16H,1-5H2,(H,19,20). The van der Waals surface area contributed by atoms with Gasteiger partial charge in [-0.15, -0.1) is 0 Å². The zero-order valence-corrected chi connectivity index (χ0v) is 11.7. The van der Waals surface area contributed by atoms with Crippen molar-refractivity contribution in [3.8, 4) is 0 Å². The van der Waals surface area contributed by atoms with Crippen LogP contribution in [0.2, 0.25) is 0 Å². The molecular weight excluding hydrogens is 268 g/mol. The summed E-state index contributed by atoms with van der Waals surface area (Å²) in [6.45, 7) is 0. The average molecular weight is 286 g/mol. The van der Waals surface area contributed by atoms with Gasteiger partial charge in [-0.2, -0.15) is 0 Å². The molecule has 1 fully saturated rings. The molecule has 1 unspecified atom stereocenters. The third-order valence-electron chi connectivity index (χ3n) is 4.37. The molecule has 3 rings (SSSR count). The maximum absolute atomic E-state index is 11.7. The molecule has 2 aliphatic rings.